The van der Waals surface area contributed by atoms with Crippen molar-refractivity contribution in [3.8, 4) is 17.2 Å². The van der Waals surface area contributed by atoms with Gasteiger partial charge in [0, 0.05) is 44.2 Å². The number of aryl methyl sites for hydroxylation is 1. The van der Waals surface area contributed by atoms with Gasteiger partial charge in [-0.25, -0.2) is 0 Å². The number of hydrogen-bond acceptors (Lipinski definition) is 6. The standard InChI is InChI=1S/C25H32N2O6/c1-17-5-7-18(8-6-17)20(9-10-23(28)29)26-11-13-27(14-12-26)25(30)19-15-21(31-2)24(33-4)22(16-19)32-3/h5-8,15-16,20H,9-14H2,1-4H3,(H,28,29)/t20-/m0/s1. The molecule has 0 bridgehead atoms. The smallest absolute Gasteiger partial charge is 0.303 e. The first-order chi connectivity index (χ1) is 15.9. The molecule has 1 heterocycles. The van der Waals surface area contributed by atoms with Gasteiger partial charge in [-0.2, -0.15) is 0 Å². The van der Waals surface area contributed by atoms with Gasteiger partial charge in [-0.1, -0.05) is 29.8 Å². The Morgan fingerprint density at radius 3 is 2.00 bits per heavy atom. The summed E-state index contributed by atoms with van der Waals surface area (Å²) < 4.78 is 16.1. The quantitative estimate of drug-likeness (QED) is 0.619. The van der Waals surface area contributed by atoms with Gasteiger partial charge in [0.2, 0.25) is 5.75 Å². The number of methoxy groups -OCH3 is 3. The van der Waals surface area contributed by atoms with Crippen LogP contribution in [-0.2, 0) is 4.79 Å². The Bertz CT molecular complexity index is 942. The molecular weight excluding hydrogens is 424 g/mol. The summed E-state index contributed by atoms with van der Waals surface area (Å²) in [7, 11) is 4.56. The van der Waals surface area contributed by atoms with Gasteiger partial charge in [0.15, 0.2) is 11.5 Å². The third-order valence-electron chi connectivity index (χ3n) is 6.05. The van der Waals surface area contributed by atoms with Gasteiger partial charge in [0.05, 0.1) is 21.3 Å². The Morgan fingerprint density at radius 2 is 1.52 bits per heavy atom. The SMILES string of the molecule is COc1cc(C(=O)N2CCN([C@@H](CCC(=O)O)c3ccc(C)cc3)CC2)cc(OC)c1OC. The van der Waals surface area contributed by atoms with E-state index in [1.807, 2.05) is 19.1 Å². The fourth-order valence-corrected chi connectivity index (χ4v) is 4.23. The van der Waals surface area contributed by atoms with Gasteiger partial charge >= 0.3 is 5.97 Å². The number of carboxylic acids is 1. The molecule has 1 aliphatic heterocycles. The van der Waals surface area contributed by atoms with Gasteiger partial charge in [-0.15, -0.1) is 0 Å². The molecule has 1 N–H and O–H groups in total. The van der Waals surface area contributed by atoms with Crippen LogP contribution in [0.5, 0.6) is 17.2 Å². The van der Waals surface area contributed by atoms with E-state index >= 15 is 0 Å². The van der Waals surface area contributed by atoms with Crippen LogP contribution >= 0.6 is 0 Å². The molecule has 1 saturated heterocycles. The fraction of sp³-hybridized carbons (Fsp3) is 0.440. The van der Waals surface area contributed by atoms with Crippen molar-refractivity contribution >= 4 is 11.9 Å². The summed E-state index contributed by atoms with van der Waals surface area (Å²) in [5.41, 5.74) is 2.74. The highest BCUT2D eigenvalue weighted by Crippen LogP contribution is 2.38. The second-order valence-electron chi connectivity index (χ2n) is 8.10. The molecule has 0 radical (unpaired) electrons. The molecule has 3 rings (SSSR count). The summed E-state index contributed by atoms with van der Waals surface area (Å²) in [6.45, 7) is 4.45. The van der Waals surface area contributed by atoms with Crippen molar-refractivity contribution in [1.29, 1.82) is 0 Å². The zero-order valence-corrected chi connectivity index (χ0v) is 19.7. The highest BCUT2D eigenvalue weighted by Gasteiger charge is 2.29. The third kappa shape index (κ3) is 5.76. The first kappa shape index (κ1) is 24.4. The minimum Gasteiger partial charge on any atom is -0.493 e. The molecule has 2 aromatic carbocycles. The molecule has 0 aliphatic carbocycles. The molecule has 0 saturated carbocycles. The number of amides is 1. The predicted molar refractivity (Wildman–Crippen MR) is 124 cm³/mol. The number of carbonyl (C=O) groups excluding carboxylic acids is 1. The Balaban J connectivity index is 1.73. The van der Waals surface area contributed by atoms with Crippen LogP contribution in [0.2, 0.25) is 0 Å². The lowest BCUT2D eigenvalue weighted by molar-refractivity contribution is -0.137. The van der Waals surface area contributed by atoms with Crippen molar-refractivity contribution in [2.45, 2.75) is 25.8 Å². The van der Waals surface area contributed by atoms with Crippen LogP contribution in [0.25, 0.3) is 0 Å². The average molecular weight is 457 g/mol. The molecule has 1 amide bonds. The molecule has 1 fully saturated rings. The number of benzene rings is 2. The summed E-state index contributed by atoms with van der Waals surface area (Å²) in [4.78, 5) is 28.5. The molecular formula is C25H32N2O6. The second kappa shape index (κ2) is 11.0. The Kier molecular flexibility index (Phi) is 8.16. The molecule has 8 nitrogen and oxygen atoms in total. The monoisotopic (exact) mass is 456 g/mol. The van der Waals surface area contributed by atoms with Gasteiger partial charge in [0.1, 0.15) is 0 Å². The molecule has 1 atom stereocenters. The van der Waals surface area contributed by atoms with E-state index in [4.69, 9.17) is 14.2 Å². The van der Waals surface area contributed by atoms with E-state index in [1.165, 1.54) is 21.3 Å². The Morgan fingerprint density at radius 1 is 0.939 bits per heavy atom. The molecule has 33 heavy (non-hydrogen) atoms. The lowest BCUT2D eigenvalue weighted by atomic mass is 9.98. The van der Waals surface area contributed by atoms with E-state index in [0.29, 0.717) is 55.4 Å². The van der Waals surface area contributed by atoms with Crippen molar-refractivity contribution in [2.75, 3.05) is 47.5 Å². The van der Waals surface area contributed by atoms with Crippen molar-refractivity contribution in [3.05, 3.63) is 53.1 Å². The molecule has 178 valence electrons. The number of ether oxygens (including phenoxy) is 3. The van der Waals surface area contributed by atoms with Gasteiger partial charge in [-0.05, 0) is 31.0 Å². The number of aliphatic carboxylic acids is 1. The number of piperazine rings is 1. The van der Waals surface area contributed by atoms with Crippen LogP contribution in [0.3, 0.4) is 0 Å². The normalized spacial score (nSPS) is 15.1. The van der Waals surface area contributed by atoms with E-state index in [-0.39, 0.29) is 18.4 Å². The molecule has 0 unspecified atom stereocenters. The van der Waals surface area contributed by atoms with Gasteiger partial charge in [0.25, 0.3) is 5.91 Å². The van der Waals surface area contributed by atoms with Gasteiger partial charge in [-0.3, -0.25) is 14.5 Å². The summed E-state index contributed by atoms with van der Waals surface area (Å²) in [5.74, 6) is 0.411. The van der Waals surface area contributed by atoms with Crippen LogP contribution in [0.4, 0.5) is 0 Å². The zero-order chi connectivity index (χ0) is 24.0. The number of rotatable bonds is 9. The number of hydrogen-bond donors (Lipinski definition) is 1. The predicted octanol–water partition coefficient (Wildman–Crippen LogP) is 3.38. The maximum absolute atomic E-state index is 13.2. The minimum absolute atomic E-state index is 0.000117. The number of carboxylic acid groups (broad SMARTS) is 1. The maximum atomic E-state index is 13.2. The fourth-order valence-electron chi connectivity index (χ4n) is 4.23. The summed E-state index contributed by atoms with van der Waals surface area (Å²) in [6.07, 6.45) is 0.627. The summed E-state index contributed by atoms with van der Waals surface area (Å²) in [5, 5.41) is 9.21. The highest BCUT2D eigenvalue weighted by molar-refractivity contribution is 5.95. The van der Waals surface area contributed by atoms with E-state index in [9.17, 15) is 14.7 Å². The first-order valence-electron chi connectivity index (χ1n) is 11.0. The van der Waals surface area contributed by atoms with Crippen LogP contribution < -0.4 is 14.2 Å². The Hall–Kier alpha value is -3.26. The van der Waals surface area contributed by atoms with E-state index in [1.54, 1.807) is 17.0 Å². The van der Waals surface area contributed by atoms with Crippen molar-refractivity contribution in [3.63, 3.8) is 0 Å². The van der Waals surface area contributed by atoms with Crippen LogP contribution in [-0.4, -0.2) is 74.3 Å². The van der Waals surface area contributed by atoms with Gasteiger partial charge < -0.3 is 24.2 Å². The molecule has 2 aromatic rings. The average Bonchev–Trinajstić information content (AvgIpc) is 2.84. The second-order valence-corrected chi connectivity index (χ2v) is 8.10. The lowest BCUT2D eigenvalue weighted by Crippen LogP contribution is -2.49. The van der Waals surface area contributed by atoms with Crippen molar-refractivity contribution in [2.24, 2.45) is 0 Å². The summed E-state index contributed by atoms with van der Waals surface area (Å²) >= 11 is 0. The first-order valence-corrected chi connectivity index (χ1v) is 11.0. The van der Waals surface area contributed by atoms with E-state index < -0.39 is 5.97 Å². The van der Waals surface area contributed by atoms with Crippen LogP contribution in [0, 0.1) is 6.92 Å². The molecule has 8 heteroatoms. The van der Waals surface area contributed by atoms with Crippen LogP contribution in [0.15, 0.2) is 36.4 Å². The number of carbonyl (C=O) groups is 2. The highest BCUT2D eigenvalue weighted by atomic mass is 16.5. The molecule has 0 spiro atoms. The van der Waals surface area contributed by atoms with E-state index in [0.717, 1.165) is 11.1 Å². The number of nitrogens with zero attached hydrogens (tertiary/aromatic N) is 2. The largest absolute Gasteiger partial charge is 0.493 e. The zero-order valence-electron chi connectivity index (χ0n) is 19.7. The lowest BCUT2D eigenvalue weighted by Gasteiger charge is -2.39. The third-order valence-corrected chi connectivity index (χ3v) is 6.05. The molecule has 1 aliphatic rings. The van der Waals surface area contributed by atoms with E-state index in [2.05, 4.69) is 17.0 Å². The Labute approximate surface area is 194 Å². The topological polar surface area (TPSA) is 88.5 Å². The minimum atomic E-state index is -0.802. The van der Waals surface area contributed by atoms with Crippen molar-refractivity contribution < 1.29 is 28.9 Å². The summed E-state index contributed by atoms with van der Waals surface area (Å²) in [6, 6.07) is 11.6. The van der Waals surface area contributed by atoms with Crippen LogP contribution in [0.1, 0.15) is 40.4 Å². The molecule has 0 aromatic heterocycles. The van der Waals surface area contributed by atoms with Crippen molar-refractivity contribution in [1.82, 2.24) is 9.80 Å². The maximum Gasteiger partial charge on any atom is 0.303 e.